The first-order valence-corrected chi connectivity index (χ1v) is 25.1. The highest BCUT2D eigenvalue weighted by molar-refractivity contribution is 6.12. The number of Topliss-reactive ketones (excluding diaryl/α,β-unsaturated/α-hetero) is 2. The van der Waals surface area contributed by atoms with Gasteiger partial charge in [0.25, 0.3) is 17.4 Å². The third kappa shape index (κ3) is 11.3. The number of carbonyl (C=O) groups excluding carboxylic acids is 9. The molecule has 21 heteroatoms. The van der Waals surface area contributed by atoms with E-state index in [0.29, 0.717) is 64.6 Å². The van der Waals surface area contributed by atoms with Crippen molar-refractivity contribution < 1.29 is 62.5 Å². The Kier molecular flexibility index (Phi) is 16.2. The third-order valence-electron chi connectivity index (χ3n) is 14.4. The average Bonchev–Trinajstić information content (AvgIpc) is 3.93. The Bertz CT molecular complexity index is 3100. The van der Waals surface area contributed by atoms with Crippen molar-refractivity contribution >= 4 is 63.9 Å². The molecule has 4 aliphatic rings. The summed E-state index contributed by atoms with van der Waals surface area (Å²) in [6, 6.07) is 8.28. The Morgan fingerprint density at radius 2 is 1.57 bits per heavy atom. The Balaban J connectivity index is 0.873. The number of ether oxygens (including phenoxy) is 1. The van der Waals surface area contributed by atoms with Crippen molar-refractivity contribution in [3.8, 4) is 11.4 Å². The number of unbranched alkanes of at least 4 members (excludes halogenated alkanes) is 2. The first kappa shape index (κ1) is 53.5. The highest BCUT2D eigenvalue weighted by Gasteiger charge is 2.46. The Morgan fingerprint density at radius 3 is 2.28 bits per heavy atom. The van der Waals surface area contributed by atoms with Crippen LogP contribution in [0.1, 0.15) is 116 Å². The number of amides is 6. The molecule has 0 unspecified atom stereocenters. The zero-order chi connectivity index (χ0) is 53.7. The van der Waals surface area contributed by atoms with Crippen LogP contribution in [0.3, 0.4) is 0 Å². The molecule has 4 aromatic rings. The van der Waals surface area contributed by atoms with Gasteiger partial charge in [-0.25, -0.2) is 14.2 Å². The normalized spacial score (nSPS) is 17.9. The molecule has 0 saturated heterocycles. The molecule has 6 amide bonds. The highest BCUT2D eigenvalue weighted by atomic mass is 19.1. The molecular weight excluding hydrogens is 974 g/mol. The largest absolute Gasteiger partial charge is 0.458 e. The number of cyclic esters (lactones) is 1. The molecule has 1 aliphatic carbocycles. The molecule has 3 aliphatic heterocycles. The lowest BCUT2D eigenvalue weighted by Gasteiger charge is -2.31. The Labute approximate surface area is 429 Å². The fourth-order valence-electron chi connectivity index (χ4n) is 10.2. The van der Waals surface area contributed by atoms with Crippen molar-refractivity contribution in [3.63, 3.8) is 0 Å². The lowest BCUT2D eigenvalue weighted by Crippen LogP contribution is -2.50. The Morgan fingerprint density at radius 1 is 0.867 bits per heavy atom. The van der Waals surface area contributed by atoms with Gasteiger partial charge in [-0.2, -0.15) is 0 Å². The smallest absolute Gasteiger partial charge is 0.343 e. The van der Waals surface area contributed by atoms with Crippen LogP contribution in [0.25, 0.3) is 22.3 Å². The van der Waals surface area contributed by atoms with Crippen LogP contribution in [0.15, 0.2) is 59.4 Å². The topological polar surface area (TPSA) is 290 Å². The van der Waals surface area contributed by atoms with E-state index < -0.39 is 83.4 Å². The Hall–Kier alpha value is -7.78. The van der Waals surface area contributed by atoms with Crippen molar-refractivity contribution in [2.24, 2.45) is 0 Å². The second-order valence-corrected chi connectivity index (χ2v) is 19.3. The van der Waals surface area contributed by atoms with Gasteiger partial charge in [-0.15, -0.1) is 0 Å². The summed E-state index contributed by atoms with van der Waals surface area (Å²) < 4.78 is 22.1. The number of nitrogens with zero attached hydrogens (tertiary/aromatic N) is 3. The number of hydrogen-bond acceptors (Lipinski definition) is 14. The van der Waals surface area contributed by atoms with Gasteiger partial charge in [0.1, 0.15) is 18.5 Å². The van der Waals surface area contributed by atoms with Crippen molar-refractivity contribution in [2.75, 3.05) is 19.7 Å². The summed E-state index contributed by atoms with van der Waals surface area (Å²) in [5.74, 6) is -5.55. The van der Waals surface area contributed by atoms with E-state index in [9.17, 15) is 58.2 Å². The molecule has 8 rings (SSSR count). The van der Waals surface area contributed by atoms with Crippen molar-refractivity contribution in [2.45, 2.75) is 128 Å². The lowest BCUT2D eigenvalue weighted by atomic mass is 9.81. The first-order chi connectivity index (χ1) is 35.9. The number of hydrogen-bond donors (Lipinski definition) is 6. The number of aliphatic hydroxyl groups is 2. The van der Waals surface area contributed by atoms with Crippen molar-refractivity contribution in [3.05, 3.63) is 110 Å². The number of benzene rings is 2. The molecule has 0 bridgehead atoms. The van der Waals surface area contributed by atoms with E-state index >= 15 is 4.39 Å². The molecule has 20 nitrogen and oxygen atoms in total. The number of nitrogens with one attached hydrogen (secondary N) is 4. The predicted molar refractivity (Wildman–Crippen MR) is 265 cm³/mol. The summed E-state index contributed by atoms with van der Waals surface area (Å²) in [6.45, 7) is 2.00. The molecule has 0 saturated carbocycles. The standard InChI is InChI=1S/C54H58FN7O13/c1-3-54(74)35-23-41-50-33(26-62(41)52(72)34(35)28-75-53(54)73)49-37(15-14-32-29(2)36(55)24-39(59-50)48(32)49)60-51(71)40(27-63)58-45(68)18-16-42(65)38(22-30-10-6-4-7-11-30)57-44(67)17-13-31(64)25-56-43(66)12-8-5-9-21-61-46(69)19-20-47(61)70/h4,6-7,10-11,19-20,23-24,37-38,40,63,74H,3,5,8-9,12-18,21-22,25-28H2,1-2H3,(H,56,66)(H,57,67)(H,58,68)(H,60,71)/t37-,38-,40-,54-/m0/s1. The van der Waals surface area contributed by atoms with Gasteiger partial charge in [-0.1, -0.05) is 43.7 Å². The van der Waals surface area contributed by atoms with Crippen LogP contribution in [0.4, 0.5) is 4.39 Å². The van der Waals surface area contributed by atoms with E-state index in [-0.39, 0.29) is 111 Å². The number of carbonyl (C=O) groups is 9. The van der Waals surface area contributed by atoms with Crippen LogP contribution in [0, 0.1) is 12.7 Å². The van der Waals surface area contributed by atoms with E-state index in [4.69, 9.17) is 9.72 Å². The summed E-state index contributed by atoms with van der Waals surface area (Å²) in [5, 5.41) is 33.1. The minimum absolute atomic E-state index is 0.00797. The van der Waals surface area contributed by atoms with Gasteiger partial charge in [-0.05, 0) is 73.8 Å². The molecule has 5 heterocycles. The summed E-state index contributed by atoms with van der Waals surface area (Å²) in [6.07, 6.45) is 3.41. The number of halogens is 1. The second kappa shape index (κ2) is 22.8. The van der Waals surface area contributed by atoms with Crippen LogP contribution in [0.2, 0.25) is 0 Å². The maximum atomic E-state index is 15.5. The van der Waals surface area contributed by atoms with Gasteiger partial charge >= 0.3 is 5.97 Å². The molecule has 0 radical (unpaired) electrons. The maximum absolute atomic E-state index is 15.5. The quantitative estimate of drug-likeness (QED) is 0.0311. The molecule has 0 fully saturated rings. The van der Waals surface area contributed by atoms with Gasteiger partial charge < -0.3 is 40.8 Å². The molecule has 6 N–H and O–H groups in total. The molecule has 2 aromatic heterocycles. The lowest BCUT2D eigenvalue weighted by molar-refractivity contribution is -0.172. The fraction of sp³-hybridized carbons (Fsp3) is 0.426. The number of esters is 1. The van der Waals surface area contributed by atoms with Crippen LogP contribution in [-0.4, -0.2) is 109 Å². The van der Waals surface area contributed by atoms with Gasteiger partial charge in [-0.3, -0.25) is 48.1 Å². The number of aliphatic hydroxyl groups excluding tert-OH is 1. The zero-order valence-corrected chi connectivity index (χ0v) is 41.6. The minimum Gasteiger partial charge on any atom is -0.458 e. The number of pyridine rings is 2. The monoisotopic (exact) mass is 1030 g/mol. The van der Waals surface area contributed by atoms with Gasteiger partial charge in [0.2, 0.25) is 23.6 Å². The summed E-state index contributed by atoms with van der Waals surface area (Å²) in [4.78, 5) is 135. The van der Waals surface area contributed by atoms with E-state index in [1.807, 2.05) is 0 Å². The molecule has 75 heavy (non-hydrogen) atoms. The summed E-state index contributed by atoms with van der Waals surface area (Å²) >= 11 is 0. The number of fused-ring (bicyclic) bond motifs is 5. The number of aryl methyl sites for hydroxylation is 1. The van der Waals surface area contributed by atoms with E-state index in [2.05, 4.69) is 21.3 Å². The van der Waals surface area contributed by atoms with Crippen molar-refractivity contribution in [1.29, 1.82) is 0 Å². The van der Waals surface area contributed by atoms with Crippen LogP contribution in [0.5, 0.6) is 0 Å². The number of aromatic nitrogens is 2. The maximum Gasteiger partial charge on any atom is 0.343 e. The molecule has 2 aromatic carbocycles. The fourth-order valence-corrected chi connectivity index (χ4v) is 10.2. The molecule has 4 atom stereocenters. The van der Waals surface area contributed by atoms with Gasteiger partial charge in [0.05, 0.1) is 54.2 Å². The highest BCUT2D eigenvalue weighted by Crippen LogP contribution is 2.46. The number of rotatable bonds is 23. The molecular formula is C54H58FN7O13. The van der Waals surface area contributed by atoms with Crippen molar-refractivity contribution in [1.82, 2.24) is 35.7 Å². The first-order valence-electron chi connectivity index (χ1n) is 25.1. The second-order valence-electron chi connectivity index (χ2n) is 19.3. The van der Waals surface area contributed by atoms with Crippen LogP contribution in [-0.2, 0) is 79.5 Å². The van der Waals surface area contributed by atoms with Crippen LogP contribution < -0.4 is 26.8 Å². The molecule has 394 valence electrons. The predicted octanol–water partition coefficient (Wildman–Crippen LogP) is 2.14. The number of ketones is 2. The average molecular weight is 1030 g/mol. The van der Waals surface area contributed by atoms with E-state index in [1.165, 1.54) is 28.9 Å². The van der Waals surface area contributed by atoms with Gasteiger partial charge in [0, 0.05) is 73.4 Å². The van der Waals surface area contributed by atoms with E-state index in [0.717, 1.165) is 4.90 Å². The SMILES string of the molecule is CC[C@@]1(O)C(=O)OCc2c1cc1n(c2=O)Cc2c-1nc1cc(F)c(C)c3c1c2[C@@H](NC(=O)[C@H](CO)NC(=O)CCC(=O)[C@H](Cc1ccccc1)NC(=O)CCC(=O)CNC(=O)CCCCCN1C(=O)C=CC1=O)CC3. The minimum atomic E-state index is -2.08. The zero-order valence-electron chi connectivity index (χ0n) is 41.6. The van der Waals surface area contributed by atoms with Crippen LogP contribution >= 0.6 is 0 Å². The molecule has 0 spiro atoms. The number of imide groups is 1. The third-order valence-corrected chi connectivity index (χ3v) is 14.4. The van der Waals surface area contributed by atoms with E-state index in [1.54, 1.807) is 44.2 Å². The summed E-state index contributed by atoms with van der Waals surface area (Å²) in [5.41, 5.74) is 1.34. The summed E-state index contributed by atoms with van der Waals surface area (Å²) in [7, 11) is 0. The van der Waals surface area contributed by atoms with Gasteiger partial charge in [0.15, 0.2) is 17.2 Å².